The molecule has 0 aliphatic carbocycles. The van der Waals surface area contributed by atoms with Gasteiger partial charge in [0.05, 0.1) is 18.6 Å². The van der Waals surface area contributed by atoms with Crippen LogP contribution >= 0.6 is 37.3 Å². The van der Waals surface area contributed by atoms with Crippen LogP contribution in [0.3, 0.4) is 0 Å². The monoisotopic (exact) mass is 505 g/mol. The summed E-state index contributed by atoms with van der Waals surface area (Å²) in [5, 5.41) is 4.66. The van der Waals surface area contributed by atoms with E-state index in [9.17, 15) is 4.79 Å². The molecule has 28 heavy (non-hydrogen) atoms. The van der Waals surface area contributed by atoms with Gasteiger partial charge in [0.2, 0.25) is 15.2 Å². The average molecular weight is 507 g/mol. The lowest BCUT2D eigenvalue weighted by molar-refractivity contribution is 0.0865. The highest BCUT2D eigenvalue weighted by Gasteiger charge is 2.43. The molecule has 150 valence electrons. The number of hydrogen-bond donors (Lipinski definition) is 0. The molecule has 0 fully saturated rings. The Balaban J connectivity index is 0.000000516. The van der Waals surface area contributed by atoms with Gasteiger partial charge in [-0.3, -0.25) is 19.3 Å². The van der Waals surface area contributed by atoms with Crippen molar-refractivity contribution >= 4 is 64.2 Å². The fraction of sp³-hybridized carbons (Fsp3) is 0.353. The molecule has 0 radical (unpaired) electrons. The van der Waals surface area contributed by atoms with Gasteiger partial charge in [0.1, 0.15) is 5.56 Å². The molecule has 1 aromatic heterocycles. The minimum Gasteiger partial charge on any atom is -0.292 e. The fourth-order valence-corrected chi connectivity index (χ4v) is 3.40. The van der Waals surface area contributed by atoms with Gasteiger partial charge in [-0.1, -0.05) is 28.1 Å². The highest BCUT2D eigenvalue weighted by molar-refractivity contribution is 9.10. The Morgan fingerprint density at radius 1 is 1.25 bits per heavy atom. The van der Waals surface area contributed by atoms with Crippen molar-refractivity contribution in [1.82, 2.24) is 14.7 Å². The molecule has 3 heterocycles. The minimum absolute atomic E-state index is 0.0558. The van der Waals surface area contributed by atoms with E-state index in [1.54, 1.807) is 11.9 Å². The number of guanidine groups is 1. The SMILES string of the molecule is CN1C(=O)c2cn(Cc3ccc(Br)cc3)nc2N2CC(C)(C)N=C12.O=S(Cl)Cl. The van der Waals surface area contributed by atoms with E-state index >= 15 is 0 Å². The second-order valence-electron chi connectivity index (χ2n) is 7.05. The third-order valence-electron chi connectivity index (χ3n) is 4.28. The van der Waals surface area contributed by atoms with Crippen LogP contribution in [0.2, 0.25) is 0 Å². The highest BCUT2D eigenvalue weighted by Crippen LogP contribution is 2.33. The number of rotatable bonds is 2. The van der Waals surface area contributed by atoms with Crippen LogP contribution in [0.1, 0.15) is 29.8 Å². The van der Waals surface area contributed by atoms with Crippen LogP contribution < -0.4 is 4.90 Å². The van der Waals surface area contributed by atoms with E-state index in [1.165, 1.54) is 0 Å². The molecular formula is C17H18BrCl2N5O2S. The van der Waals surface area contributed by atoms with Gasteiger partial charge in [-0.25, -0.2) is 9.20 Å². The van der Waals surface area contributed by atoms with Crippen LogP contribution in [0.5, 0.6) is 0 Å². The molecule has 0 spiro atoms. The van der Waals surface area contributed by atoms with Crippen molar-refractivity contribution in [3.8, 4) is 0 Å². The van der Waals surface area contributed by atoms with Crippen molar-refractivity contribution < 1.29 is 9.00 Å². The summed E-state index contributed by atoms with van der Waals surface area (Å²) in [7, 11) is 9.13. The predicted octanol–water partition coefficient (Wildman–Crippen LogP) is 3.78. The molecule has 0 saturated heterocycles. The summed E-state index contributed by atoms with van der Waals surface area (Å²) in [4.78, 5) is 21.0. The molecule has 2 aromatic rings. The van der Waals surface area contributed by atoms with Gasteiger partial charge in [0, 0.05) is 39.1 Å². The second-order valence-corrected chi connectivity index (χ2v) is 10.5. The number of halogens is 3. The zero-order valence-corrected chi connectivity index (χ0v) is 19.3. The van der Waals surface area contributed by atoms with Gasteiger partial charge >= 0.3 is 0 Å². The summed E-state index contributed by atoms with van der Waals surface area (Å²) < 4.78 is 12.0. The number of aromatic nitrogens is 2. The predicted molar refractivity (Wildman–Crippen MR) is 116 cm³/mol. The van der Waals surface area contributed by atoms with E-state index in [-0.39, 0.29) is 11.4 Å². The van der Waals surface area contributed by atoms with Crippen molar-refractivity contribution in [2.45, 2.75) is 25.9 Å². The van der Waals surface area contributed by atoms with Crippen LogP contribution in [0, 0.1) is 0 Å². The molecule has 0 N–H and O–H groups in total. The Morgan fingerprint density at radius 3 is 2.46 bits per heavy atom. The van der Waals surface area contributed by atoms with Crippen LogP contribution in [0.25, 0.3) is 0 Å². The number of amides is 1. The van der Waals surface area contributed by atoms with E-state index < -0.39 is 9.23 Å². The number of aliphatic imine (C=N–C) groups is 1. The molecule has 11 heteroatoms. The molecule has 0 unspecified atom stereocenters. The highest BCUT2D eigenvalue weighted by atomic mass is 79.9. The molecule has 7 nitrogen and oxygen atoms in total. The van der Waals surface area contributed by atoms with Gasteiger partial charge in [-0.2, -0.15) is 5.10 Å². The topological polar surface area (TPSA) is 70.8 Å². The van der Waals surface area contributed by atoms with Crippen molar-refractivity contribution in [1.29, 1.82) is 0 Å². The second kappa shape index (κ2) is 8.14. The Kier molecular flexibility index (Phi) is 6.19. The fourth-order valence-electron chi connectivity index (χ4n) is 3.14. The number of fused-ring (bicyclic) bond motifs is 3. The maximum Gasteiger partial charge on any atom is 0.265 e. The Bertz CT molecular complexity index is 957. The van der Waals surface area contributed by atoms with E-state index in [1.807, 2.05) is 40.0 Å². The first-order valence-electron chi connectivity index (χ1n) is 8.29. The molecular weight excluding hydrogens is 489 g/mol. The summed E-state index contributed by atoms with van der Waals surface area (Å²) in [6.07, 6.45) is 1.83. The number of anilines is 1. The smallest absolute Gasteiger partial charge is 0.265 e. The molecule has 0 saturated carbocycles. The molecule has 1 aromatic carbocycles. The zero-order chi connectivity index (χ0) is 20.6. The molecule has 4 rings (SSSR count). The van der Waals surface area contributed by atoms with Gasteiger partial charge in [0.15, 0.2) is 5.82 Å². The van der Waals surface area contributed by atoms with E-state index in [0.29, 0.717) is 23.9 Å². The quantitative estimate of drug-likeness (QED) is 0.581. The van der Waals surface area contributed by atoms with E-state index in [2.05, 4.69) is 61.2 Å². The summed E-state index contributed by atoms with van der Waals surface area (Å²) in [6.45, 7) is 5.48. The van der Waals surface area contributed by atoms with Crippen molar-refractivity contribution in [3.05, 3.63) is 46.1 Å². The first-order chi connectivity index (χ1) is 13.1. The largest absolute Gasteiger partial charge is 0.292 e. The Labute approximate surface area is 182 Å². The van der Waals surface area contributed by atoms with Crippen molar-refractivity contribution in [2.24, 2.45) is 4.99 Å². The lowest BCUT2D eigenvalue weighted by atomic mass is 10.1. The maximum atomic E-state index is 12.6. The summed E-state index contributed by atoms with van der Waals surface area (Å²) >= 11 is 3.44. The summed E-state index contributed by atoms with van der Waals surface area (Å²) in [5.74, 6) is 1.34. The normalized spacial score (nSPS) is 17.1. The zero-order valence-electron chi connectivity index (χ0n) is 15.4. The lowest BCUT2D eigenvalue weighted by Gasteiger charge is -2.30. The third-order valence-corrected chi connectivity index (χ3v) is 4.81. The lowest BCUT2D eigenvalue weighted by Crippen LogP contribution is -2.48. The van der Waals surface area contributed by atoms with Crippen LogP contribution in [-0.4, -0.2) is 49.9 Å². The van der Waals surface area contributed by atoms with Crippen molar-refractivity contribution in [3.63, 3.8) is 0 Å². The van der Waals surface area contributed by atoms with Crippen LogP contribution in [0.15, 0.2) is 39.9 Å². The average Bonchev–Trinajstić information content (AvgIpc) is 3.15. The minimum atomic E-state index is -1.67. The standard InChI is InChI=1S/C17H18BrN5O.Cl2OS/c1-17(2)10-23-14-13(15(24)21(3)16(23)19-17)9-22(20-14)8-11-4-6-12(18)7-5-11;1-4(2)3/h4-7,9H,8,10H2,1-3H3;. The van der Waals surface area contributed by atoms with Crippen LogP contribution in [-0.2, 0) is 15.8 Å². The third kappa shape index (κ3) is 4.59. The summed E-state index contributed by atoms with van der Waals surface area (Å²) in [5.41, 5.74) is 1.54. The van der Waals surface area contributed by atoms with E-state index in [4.69, 9.17) is 4.21 Å². The molecule has 0 atom stereocenters. The molecule has 2 aliphatic rings. The van der Waals surface area contributed by atoms with Gasteiger partial charge < -0.3 is 0 Å². The first kappa shape index (κ1) is 21.3. The van der Waals surface area contributed by atoms with Crippen LogP contribution in [0.4, 0.5) is 5.82 Å². The molecule has 1 amide bonds. The van der Waals surface area contributed by atoms with Gasteiger partial charge in [0.25, 0.3) is 5.91 Å². The first-order valence-corrected chi connectivity index (χ1v) is 11.9. The maximum absolute atomic E-state index is 12.6. The molecule has 2 aliphatic heterocycles. The van der Waals surface area contributed by atoms with Gasteiger partial charge in [-0.05, 0) is 31.5 Å². The number of benzene rings is 1. The Hall–Kier alpha value is -1.42. The van der Waals surface area contributed by atoms with Crippen molar-refractivity contribution in [2.75, 3.05) is 18.5 Å². The van der Waals surface area contributed by atoms with E-state index in [0.717, 1.165) is 16.6 Å². The molecule has 0 bridgehead atoms. The number of hydrogen-bond acceptors (Lipinski definition) is 5. The number of carbonyl (C=O) groups is 1. The Morgan fingerprint density at radius 2 is 1.86 bits per heavy atom. The van der Waals surface area contributed by atoms with Gasteiger partial charge in [-0.15, -0.1) is 0 Å². The number of nitrogens with zero attached hydrogens (tertiary/aromatic N) is 5. The number of carbonyl (C=O) groups excluding carboxylic acids is 1. The summed E-state index contributed by atoms with van der Waals surface area (Å²) in [6, 6.07) is 8.10.